The van der Waals surface area contributed by atoms with E-state index in [0.29, 0.717) is 12.8 Å². The van der Waals surface area contributed by atoms with Gasteiger partial charge in [-0.2, -0.15) is 0 Å². The van der Waals surface area contributed by atoms with Gasteiger partial charge in [-0.3, -0.25) is 4.79 Å². The Morgan fingerprint density at radius 3 is 2.04 bits per heavy atom. The van der Waals surface area contributed by atoms with Gasteiger partial charge in [-0.05, 0) is 50.7 Å². The van der Waals surface area contributed by atoms with Gasteiger partial charge in [0.1, 0.15) is 11.5 Å². The third-order valence-electron chi connectivity index (χ3n) is 4.91. The molecule has 1 N–H and O–H groups in total. The molecule has 25 heavy (non-hydrogen) atoms. The van der Waals surface area contributed by atoms with Crippen molar-refractivity contribution in [3.63, 3.8) is 0 Å². The highest BCUT2D eigenvalue weighted by molar-refractivity contribution is 5.93. The number of rotatable bonds is 7. The Balaban J connectivity index is 0.00000312. The molecule has 0 heterocycles. The van der Waals surface area contributed by atoms with E-state index in [9.17, 15) is 9.90 Å². The normalized spacial score (nSPS) is 14.4. The van der Waals surface area contributed by atoms with Crippen LogP contribution in [-0.2, 0) is 10.2 Å². The number of Topliss-reactive ketones (excluding diaryl/α,β-unsaturated/α-hetero) is 1. The van der Waals surface area contributed by atoms with Crippen LogP contribution in [0.2, 0.25) is 0 Å². The minimum absolute atomic E-state index is 0. The highest BCUT2D eigenvalue weighted by Crippen LogP contribution is 2.40. The van der Waals surface area contributed by atoms with Crippen molar-refractivity contribution in [3.05, 3.63) is 65.7 Å². The van der Waals surface area contributed by atoms with Crippen LogP contribution in [0.3, 0.4) is 0 Å². The SMILES string of the molecule is CCC(=O)C(CC(C)N(C)C)(c1ccccc1)c1ccc(O)cc1.Cl. The summed E-state index contributed by atoms with van der Waals surface area (Å²) in [6.07, 6.45) is 1.16. The van der Waals surface area contributed by atoms with E-state index in [1.54, 1.807) is 12.1 Å². The maximum absolute atomic E-state index is 13.2. The molecule has 0 aliphatic heterocycles. The lowest BCUT2D eigenvalue weighted by molar-refractivity contribution is -0.123. The Kier molecular flexibility index (Phi) is 7.65. The van der Waals surface area contributed by atoms with Gasteiger partial charge in [0.2, 0.25) is 0 Å². The predicted octanol–water partition coefficient (Wildman–Crippen LogP) is 4.42. The topological polar surface area (TPSA) is 40.5 Å². The van der Waals surface area contributed by atoms with E-state index in [1.807, 2.05) is 63.5 Å². The minimum atomic E-state index is -0.701. The molecule has 0 saturated carbocycles. The fraction of sp³-hybridized carbons (Fsp3) is 0.381. The Morgan fingerprint density at radius 1 is 1.04 bits per heavy atom. The molecule has 0 aliphatic rings. The predicted molar refractivity (Wildman–Crippen MR) is 106 cm³/mol. The van der Waals surface area contributed by atoms with Gasteiger partial charge >= 0.3 is 0 Å². The van der Waals surface area contributed by atoms with Gasteiger partial charge in [-0.15, -0.1) is 12.4 Å². The third kappa shape index (κ3) is 4.42. The largest absolute Gasteiger partial charge is 0.508 e. The van der Waals surface area contributed by atoms with Gasteiger partial charge in [0, 0.05) is 12.5 Å². The van der Waals surface area contributed by atoms with Gasteiger partial charge in [0.15, 0.2) is 0 Å². The van der Waals surface area contributed by atoms with Crippen LogP contribution in [0.5, 0.6) is 5.75 Å². The van der Waals surface area contributed by atoms with Crippen molar-refractivity contribution in [2.45, 2.75) is 38.1 Å². The molecule has 2 atom stereocenters. The number of halogens is 1. The number of ketones is 1. The summed E-state index contributed by atoms with van der Waals surface area (Å²) in [4.78, 5) is 15.3. The monoisotopic (exact) mass is 361 g/mol. The zero-order valence-corrected chi connectivity index (χ0v) is 16.2. The van der Waals surface area contributed by atoms with E-state index in [2.05, 4.69) is 11.8 Å². The zero-order chi connectivity index (χ0) is 17.7. The Hall–Kier alpha value is -1.84. The van der Waals surface area contributed by atoms with Gasteiger partial charge < -0.3 is 10.0 Å². The van der Waals surface area contributed by atoms with Crippen LogP contribution in [0.15, 0.2) is 54.6 Å². The van der Waals surface area contributed by atoms with E-state index < -0.39 is 5.41 Å². The number of benzene rings is 2. The summed E-state index contributed by atoms with van der Waals surface area (Å²) in [5.41, 5.74) is 1.25. The standard InChI is InChI=1S/C21H27NO2.ClH/c1-5-20(24)21(15-16(2)22(3)4,17-9-7-6-8-10-17)18-11-13-19(23)14-12-18;/h6-14,16,23H,5,15H2,1-4H3;1H. The van der Waals surface area contributed by atoms with Crippen LogP contribution in [-0.4, -0.2) is 35.9 Å². The van der Waals surface area contributed by atoms with Crippen molar-refractivity contribution in [3.8, 4) is 5.75 Å². The van der Waals surface area contributed by atoms with Crippen molar-refractivity contribution < 1.29 is 9.90 Å². The average Bonchev–Trinajstić information content (AvgIpc) is 2.60. The van der Waals surface area contributed by atoms with Crippen LogP contribution >= 0.6 is 12.4 Å². The van der Waals surface area contributed by atoms with E-state index in [1.165, 1.54) is 0 Å². The first kappa shape index (κ1) is 21.2. The second-order valence-electron chi connectivity index (χ2n) is 6.61. The number of hydrogen-bond donors (Lipinski definition) is 1. The molecule has 0 aliphatic carbocycles. The summed E-state index contributed by atoms with van der Waals surface area (Å²) >= 11 is 0. The molecule has 0 fully saturated rings. The highest BCUT2D eigenvalue weighted by Gasteiger charge is 2.41. The molecule has 0 aromatic heterocycles. The first-order chi connectivity index (χ1) is 11.4. The molecule has 2 aromatic rings. The summed E-state index contributed by atoms with van der Waals surface area (Å²) in [7, 11) is 4.07. The van der Waals surface area contributed by atoms with Crippen LogP contribution in [0, 0.1) is 0 Å². The molecule has 0 radical (unpaired) electrons. The first-order valence-electron chi connectivity index (χ1n) is 8.46. The average molecular weight is 362 g/mol. The molecule has 2 rings (SSSR count). The number of carbonyl (C=O) groups excluding carboxylic acids is 1. The molecule has 2 aromatic carbocycles. The third-order valence-corrected chi connectivity index (χ3v) is 4.91. The number of aromatic hydroxyl groups is 1. The Morgan fingerprint density at radius 2 is 1.56 bits per heavy atom. The summed E-state index contributed by atoms with van der Waals surface area (Å²) < 4.78 is 0. The maximum atomic E-state index is 13.2. The summed E-state index contributed by atoms with van der Waals surface area (Å²) in [5.74, 6) is 0.415. The molecule has 2 unspecified atom stereocenters. The highest BCUT2D eigenvalue weighted by atomic mass is 35.5. The summed E-state index contributed by atoms with van der Waals surface area (Å²) in [6.45, 7) is 4.06. The van der Waals surface area contributed by atoms with E-state index in [-0.39, 0.29) is 30.0 Å². The number of hydrogen-bond acceptors (Lipinski definition) is 3. The summed E-state index contributed by atoms with van der Waals surface area (Å²) in [5, 5.41) is 9.67. The Labute approximate surface area is 157 Å². The fourth-order valence-electron chi connectivity index (χ4n) is 3.23. The molecule has 136 valence electrons. The molecule has 3 nitrogen and oxygen atoms in total. The quantitative estimate of drug-likeness (QED) is 0.793. The molecule has 0 spiro atoms. The van der Waals surface area contributed by atoms with Crippen LogP contribution in [0.4, 0.5) is 0 Å². The molecule has 0 amide bonds. The summed E-state index contributed by atoms with van der Waals surface area (Å²) in [6, 6.07) is 17.3. The minimum Gasteiger partial charge on any atom is -0.508 e. The van der Waals surface area contributed by atoms with Crippen molar-refractivity contribution in [1.29, 1.82) is 0 Å². The van der Waals surface area contributed by atoms with Crippen molar-refractivity contribution >= 4 is 18.2 Å². The van der Waals surface area contributed by atoms with Gasteiger partial charge in [-0.25, -0.2) is 0 Å². The second kappa shape index (κ2) is 9.02. The number of carbonyl (C=O) groups is 1. The van der Waals surface area contributed by atoms with Crippen molar-refractivity contribution in [2.75, 3.05) is 14.1 Å². The van der Waals surface area contributed by atoms with Crippen LogP contribution in [0.25, 0.3) is 0 Å². The number of nitrogens with zero attached hydrogens (tertiary/aromatic N) is 1. The zero-order valence-electron chi connectivity index (χ0n) is 15.4. The molecule has 0 saturated heterocycles. The van der Waals surface area contributed by atoms with Gasteiger partial charge in [-0.1, -0.05) is 49.4 Å². The van der Waals surface area contributed by atoms with Crippen LogP contribution in [0.1, 0.15) is 37.8 Å². The van der Waals surface area contributed by atoms with Crippen molar-refractivity contribution in [1.82, 2.24) is 4.90 Å². The van der Waals surface area contributed by atoms with E-state index >= 15 is 0 Å². The van der Waals surface area contributed by atoms with E-state index in [0.717, 1.165) is 11.1 Å². The van der Waals surface area contributed by atoms with Crippen molar-refractivity contribution in [2.24, 2.45) is 0 Å². The molecule has 0 bridgehead atoms. The Bertz CT molecular complexity index is 670. The van der Waals surface area contributed by atoms with Gasteiger partial charge in [0.25, 0.3) is 0 Å². The first-order valence-corrected chi connectivity index (χ1v) is 8.46. The molecule has 4 heteroatoms. The molecular weight excluding hydrogens is 334 g/mol. The van der Waals surface area contributed by atoms with Gasteiger partial charge in [0.05, 0.1) is 5.41 Å². The lowest BCUT2D eigenvalue weighted by Crippen LogP contribution is -2.42. The fourth-order valence-corrected chi connectivity index (χ4v) is 3.23. The molecular formula is C21H28ClNO2. The smallest absolute Gasteiger partial charge is 0.147 e. The lowest BCUT2D eigenvalue weighted by atomic mass is 9.67. The van der Waals surface area contributed by atoms with Crippen LogP contribution < -0.4 is 0 Å². The number of phenols is 1. The van der Waals surface area contributed by atoms with E-state index in [4.69, 9.17) is 0 Å². The maximum Gasteiger partial charge on any atom is 0.147 e. The second-order valence-corrected chi connectivity index (χ2v) is 6.61. The number of phenolic OH excluding ortho intramolecular Hbond substituents is 1. The lowest BCUT2D eigenvalue weighted by Gasteiger charge is -2.37.